The quantitative estimate of drug-likeness (QED) is 0.500. The van der Waals surface area contributed by atoms with Crippen LogP contribution in [0, 0.1) is 6.92 Å². The Labute approximate surface area is 182 Å². The van der Waals surface area contributed by atoms with E-state index in [-0.39, 0.29) is 24.3 Å². The molecular formula is C23H21N5O4. The van der Waals surface area contributed by atoms with E-state index in [4.69, 9.17) is 4.74 Å². The summed E-state index contributed by atoms with van der Waals surface area (Å²) in [5, 5.41) is 2.77. The van der Waals surface area contributed by atoms with Crippen molar-refractivity contribution >= 4 is 22.8 Å². The Hall–Kier alpha value is -4.27. The molecule has 0 bridgehead atoms. The van der Waals surface area contributed by atoms with Gasteiger partial charge < -0.3 is 10.1 Å². The number of methoxy groups -OCH3 is 1. The Bertz CT molecular complexity index is 1410. The van der Waals surface area contributed by atoms with Crippen LogP contribution in [0.1, 0.15) is 11.1 Å². The molecule has 0 spiro atoms. The molecule has 0 radical (unpaired) electrons. The molecule has 32 heavy (non-hydrogen) atoms. The number of carbonyl (C=O) groups excluding carboxylic acids is 1. The van der Waals surface area contributed by atoms with Crippen LogP contribution >= 0.6 is 0 Å². The zero-order chi connectivity index (χ0) is 22.7. The Kier molecular flexibility index (Phi) is 5.80. The normalized spacial score (nSPS) is 10.8. The van der Waals surface area contributed by atoms with Crippen molar-refractivity contribution in [2.75, 3.05) is 12.4 Å². The third-order valence-electron chi connectivity index (χ3n) is 4.95. The van der Waals surface area contributed by atoms with Crippen LogP contribution in [-0.2, 0) is 17.9 Å². The summed E-state index contributed by atoms with van der Waals surface area (Å²) >= 11 is 0. The van der Waals surface area contributed by atoms with Gasteiger partial charge in [0.2, 0.25) is 5.91 Å². The second-order valence-corrected chi connectivity index (χ2v) is 7.25. The van der Waals surface area contributed by atoms with Crippen LogP contribution in [0.4, 0.5) is 5.69 Å². The standard InChI is InChI=1S/C23H21N5O4/c1-15-4-3-5-17(12-15)26-19(29)14-27-21-20(24-10-11-25-21)22(30)28(23(27)31)13-16-6-8-18(32-2)9-7-16/h3-12H,13-14H2,1-2H3,(H,26,29). The van der Waals surface area contributed by atoms with Crippen LogP contribution in [0.25, 0.3) is 11.2 Å². The molecule has 4 rings (SSSR count). The fraction of sp³-hybridized carbons (Fsp3) is 0.174. The fourth-order valence-electron chi connectivity index (χ4n) is 3.39. The Morgan fingerprint density at radius 3 is 2.50 bits per heavy atom. The average molecular weight is 431 g/mol. The minimum atomic E-state index is -0.641. The Morgan fingerprint density at radius 2 is 1.78 bits per heavy atom. The molecule has 0 saturated heterocycles. The summed E-state index contributed by atoms with van der Waals surface area (Å²) in [7, 11) is 1.56. The number of nitrogens with one attached hydrogen (secondary N) is 1. The van der Waals surface area contributed by atoms with Crippen LogP contribution in [0.5, 0.6) is 5.75 Å². The molecule has 4 aromatic rings. The van der Waals surface area contributed by atoms with E-state index in [0.717, 1.165) is 15.7 Å². The van der Waals surface area contributed by atoms with Gasteiger partial charge in [0, 0.05) is 18.1 Å². The van der Waals surface area contributed by atoms with Gasteiger partial charge in [0.1, 0.15) is 12.3 Å². The molecule has 162 valence electrons. The number of aryl methyl sites for hydroxylation is 1. The first-order valence-corrected chi connectivity index (χ1v) is 9.90. The largest absolute Gasteiger partial charge is 0.497 e. The van der Waals surface area contributed by atoms with Gasteiger partial charge in [-0.05, 0) is 42.3 Å². The maximum atomic E-state index is 13.2. The first-order chi connectivity index (χ1) is 15.5. The van der Waals surface area contributed by atoms with Crippen molar-refractivity contribution in [3.8, 4) is 5.75 Å². The zero-order valence-electron chi connectivity index (χ0n) is 17.6. The van der Waals surface area contributed by atoms with Gasteiger partial charge in [0.05, 0.1) is 13.7 Å². The number of aromatic nitrogens is 4. The highest BCUT2D eigenvalue weighted by Crippen LogP contribution is 2.12. The van der Waals surface area contributed by atoms with Crippen molar-refractivity contribution in [1.29, 1.82) is 0 Å². The lowest BCUT2D eigenvalue weighted by atomic mass is 10.2. The van der Waals surface area contributed by atoms with E-state index in [0.29, 0.717) is 11.4 Å². The van der Waals surface area contributed by atoms with Crippen molar-refractivity contribution < 1.29 is 9.53 Å². The van der Waals surface area contributed by atoms with E-state index in [1.54, 1.807) is 37.4 Å². The third-order valence-corrected chi connectivity index (χ3v) is 4.95. The number of hydrogen-bond acceptors (Lipinski definition) is 6. The number of nitrogens with zero attached hydrogens (tertiary/aromatic N) is 4. The summed E-state index contributed by atoms with van der Waals surface area (Å²) in [5.74, 6) is 0.245. The smallest absolute Gasteiger partial charge is 0.333 e. The molecule has 2 heterocycles. The number of anilines is 1. The van der Waals surface area contributed by atoms with Gasteiger partial charge in [-0.25, -0.2) is 14.8 Å². The summed E-state index contributed by atoms with van der Waals surface area (Å²) < 4.78 is 7.37. The number of rotatable bonds is 6. The summed E-state index contributed by atoms with van der Waals surface area (Å²) in [6, 6.07) is 14.3. The van der Waals surface area contributed by atoms with Gasteiger partial charge in [-0.15, -0.1) is 0 Å². The van der Waals surface area contributed by atoms with Crippen LogP contribution in [0.2, 0.25) is 0 Å². The molecule has 0 fully saturated rings. The molecule has 0 aliphatic heterocycles. The predicted octanol–water partition coefficient (Wildman–Crippen LogP) is 1.96. The van der Waals surface area contributed by atoms with E-state index in [9.17, 15) is 14.4 Å². The lowest BCUT2D eigenvalue weighted by molar-refractivity contribution is -0.116. The number of hydrogen-bond donors (Lipinski definition) is 1. The van der Waals surface area contributed by atoms with Gasteiger partial charge in [-0.2, -0.15) is 0 Å². The molecule has 0 aliphatic carbocycles. The molecule has 2 aromatic carbocycles. The number of ether oxygens (including phenoxy) is 1. The second kappa shape index (κ2) is 8.84. The molecular weight excluding hydrogens is 410 g/mol. The lowest BCUT2D eigenvalue weighted by Crippen LogP contribution is -2.42. The number of carbonyl (C=O) groups is 1. The molecule has 1 amide bonds. The fourth-order valence-corrected chi connectivity index (χ4v) is 3.39. The highest BCUT2D eigenvalue weighted by Gasteiger charge is 2.17. The predicted molar refractivity (Wildman–Crippen MR) is 120 cm³/mol. The van der Waals surface area contributed by atoms with E-state index < -0.39 is 17.2 Å². The summed E-state index contributed by atoms with van der Waals surface area (Å²) in [6.07, 6.45) is 2.76. The molecule has 0 unspecified atom stereocenters. The highest BCUT2D eigenvalue weighted by atomic mass is 16.5. The van der Waals surface area contributed by atoms with Gasteiger partial charge in [0.25, 0.3) is 5.56 Å². The van der Waals surface area contributed by atoms with Crippen LogP contribution < -0.4 is 21.3 Å². The van der Waals surface area contributed by atoms with Gasteiger partial charge in [0.15, 0.2) is 11.2 Å². The molecule has 1 N–H and O–H groups in total. The lowest BCUT2D eigenvalue weighted by Gasteiger charge is -2.13. The number of benzene rings is 2. The van der Waals surface area contributed by atoms with Crippen LogP contribution in [-0.4, -0.2) is 32.1 Å². The third kappa shape index (κ3) is 4.27. The highest BCUT2D eigenvalue weighted by molar-refractivity contribution is 5.91. The monoisotopic (exact) mass is 431 g/mol. The summed E-state index contributed by atoms with van der Waals surface area (Å²) in [4.78, 5) is 47.1. The SMILES string of the molecule is COc1ccc(Cn2c(=O)c3nccnc3n(CC(=O)Nc3cccc(C)c3)c2=O)cc1. The maximum Gasteiger partial charge on any atom is 0.333 e. The second-order valence-electron chi connectivity index (χ2n) is 7.25. The van der Waals surface area contributed by atoms with Gasteiger partial charge >= 0.3 is 5.69 Å². The van der Waals surface area contributed by atoms with E-state index in [1.165, 1.54) is 17.0 Å². The first-order valence-electron chi connectivity index (χ1n) is 9.90. The average Bonchev–Trinajstić information content (AvgIpc) is 2.80. The number of fused-ring (bicyclic) bond motifs is 1. The topological polar surface area (TPSA) is 108 Å². The Morgan fingerprint density at radius 1 is 1.03 bits per heavy atom. The molecule has 0 aliphatic rings. The van der Waals surface area contributed by atoms with E-state index >= 15 is 0 Å². The van der Waals surface area contributed by atoms with Crippen molar-refractivity contribution in [3.63, 3.8) is 0 Å². The minimum Gasteiger partial charge on any atom is -0.497 e. The molecule has 0 saturated carbocycles. The summed E-state index contributed by atoms with van der Waals surface area (Å²) in [6.45, 7) is 1.62. The van der Waals surface area contributed by atoms with Gasteiger partial charge in [-0.3, -0.25) is 18.7 Å². The first kappa shape index (κ1) is 21.0. The minimum absolute atomic E-state index is 0.0176. The van der Waals surface area contributed by atoms with Crippen LogP contribution in [0.3, 0.4) is 0 Å². The van der Waals surface area contributed by atoms with E-state index in [2.05, 4.69) is 15.3 Å². The Balaban J connectivity index is 1.73. The molecule has 2 aromatic heterocycles. The molecule has 9 nitrogen and oxygen atoms in total. The number of amides is 1. The summed E-state index contributed by atoms with van der Waals surface area (Å²) in [5.41, 5.74) is 1.21. The van der Waals surface area contributed by atoms with Crippen molar-refractivity contribution in [2.24, 2.45) is 0 Å². The van der Waals surface area contributed by atoms with Gasteiger partial charge in [-0.1, -0.05) is 24.3 Å². The van der Waals surface area contributed by atoms with Crippen LogP contribution in [0.15, 0.2) is 70.5 Å². The van der Waals surface area contributed by atoms with Crippen molar-refractivity contribution in [2.45, 2.75) is 20.0 Å². The van der Waals surface area contributed by atoms with Crippen molar-refractivity contribution in [1.82, 2.24) is 19.1 Å². The zero-order valence-corrected chi connectivity index (χ0v) is 17.6. The molecule has 9 heteroatoms. The van der Waals surface area contributed by atoms with E-state index in [1.807, 2.05) is 25.1 Å². The maximum absolute atomic E-state index is 13.2. The van der Waals surface area contributed by atoms with Crippen molar-refractivity contribution in [3.05, 3.63) is 92.9 Å². The molecule has 0 atom stereocenters.